The highest BCUT2D eigenvalue weighted by Crippen LogP contribution is 2.40. The zero-order chi connectivity index (χ0) is 14.9. The van der Waals surface area contributed by atoms with Crippen LogP contribution < -0.4 is 0 Å². The van der Waals surface area contributed by atoms with Crippen LogP contribution in [0.4, 0.5) is 0 Å². The number of aromatic nitrogens is 1. The number of hydrogen-bond donors (Lipinski definition) is 0. The summed E-state index contributed by atoms with van der Waals surface area (Å²) in [5, 5.41) is 0. The molecule has 0 spiro atoms. The lowest BCUT2D eigenvalue weighted by atomic mass is 9.73. The van der Waals surface area contributed by atoms with Gasteiger partial charge >= 0.3 is 0 Å². The number of hydrogen-bond acceptors (Lipinski definition) is 3. The van der Waals surface area contributed by atoms with Gasteiger partial charge in [-0.3, -0.25) is 4.79 Å². The topological polar surface area (TPSA) is 43.7 Å². The molecule has 3 rings (SSSR count). The third-order valence-electron chi connectivity index (χ3n) is 4.87. The molecule has 116 valence electrons. The fourth-order valence-corrected chi connectivity index (χ4v) is 3.81. The first-order chi connectivity index (χ1) is 10.2. The Labute approximate surface area is 125 Å². The average molecular weight is 292 g/mol. The first-order valence-electron chi connectivity index (χ1n) is 7.67. The normalized spacial score (nSPS) is 29.2. The molecule has 2 fully saturated rings. The molecular formula is C16H24N2O3. The molecule has 1 amide bonds. The molecule has 2 aliphatic rings. The molecular weight excluding hydrogens is 268 g/mol. The van der Waals surface area contributed by atoms with Crippen LogP contribution in [0.15, 0.2) is 18.3 Å². The summed E-state index contributed by atoms with van der Waals surface area (Å²) in [7, 11) is 3.65. The summed E-state index contributed by atoms with van der Waals surface area (Å²) in [6, 6.07) is 3.80. The van der Waals surface area contributed by atoms with E-state index in [0.29, 0.717) is 6.61 Å². The molecule has 3 heterocycles. The Kier molecular flexibility index (Phi) is 4.04. The molecule has 0 unspecified atom stereocenters. The summed E-state index contributed by atoms with van der Waals surface area (Å²) in [5.74, 6) is 0.113. The molecule has 2 saturated heterocycles. The summed E-state index contributed by atoms with van der Waals surface area (Å²) in [6.07, 6.45) is 5.16. The van der Waals surface area contributed by atoms with Crippen LogP contribution in [-0.4, -0.2) is 54.9 Å². The third-order valence-corrected chi connectivity index (χ3v) is 4.87. The van der Waals surface area contributed by atoms with E-state index in [0.717, 1.165) is 44.7 Å². The fourth-order valence-electron chi connectivity index (χ4n) is 3.81. The van der Waals surface area contributed by atoms with E-state index in [1.165, 1.54) is 0 Å². The smallest absolute Gasteiger partial charge is 0.270 e. The maximum atomic E-state index is 12.7. The van der Waals surface area contributed by atoms with E-state index < -0.39 is 0 Å². The van der Waals surface area contributed by atoms with Crippen LogP contribution in [0.25, 0.3) is 0 Å². The number of aryl methyl sites for hydroxylation is 1. The molecule has 1 aromatic rings. The Morgan fingerprint density at radius 3 is 3.14 bits per heavy atom. The first-order valence-corrected chi connectivity index (χ1v) is 7.67. The number of fused-ring (bicyclic) bond motifs is 1. The second-order valence-corrected chi connectivity index (χ2v) is 6.28. The minimum atomic E-state index is -0.0356. The fraction of sp³-hybridized carbons (Fsp3) is 0.688. The Bertz CT molecular complexity index is 509. The summed E-state index contributed by atoms with van der Waals surface area (Å²) < 4.78 is 13.3. The second-order valence-electron chi connectivity index (χ2n) is 6.28. The van der Waals surface area contributed by atoms with Crippen molar-refractivity contribution in [3.8, 4) is 0 Å². The Morgan fingerprint density at radius 2 is 2.43 bits per heavy atom. The molecule has 0 saturated carbocycles. The monoisotopic (exact) mass is 292 g/mol. The van der Waals surface area contributed by atoms with Crippen molar-refractivity contribution < 1.29 is 14.3 Å². The molecule has 0 aromatic carbocycles. The van der Waals surface area contributed by atoms with Gasteiger partial charge in [-0.25, -0.2) is 0 Å². The lowest BCUT2D eigenvalue weighted by Gasteiger charge is -2.50. The van der Waals surface area contributed by atoms with Gasteiger partial charge in [-0.2, -0.15) is 0 Å². The molecule has 2 aliphatic heterocycles. The van der Waals surface area contributed by atoms with Gasteiger partial charge < -0.3 is 18.9 Å². The van der Waals surface area contributed by atoms with Gasteiger partial charge in [0.05, 0.1) is 12.7 Å². The molecule has 5 heteroatoms. The van der Waals surface area contributed by atoms with Gasteiger partial charge in [0, 0.05) is 45.5 Å². The maximum absolute atomic E-state index is 12.7. The van der Waals surface area contributed by atoms with Crippen molar-refractivity contribution in [3.05, 3.63) is 24.0 Å². The number of amides is 1. The largest absolute Gasteiger partial charge is 0.384 e. The van der Waals surface area contributed by atoms with Gasteiger partial charge in [-0.05, 0) is 31.4 Å². The summed E-state index contributed by atoms with van der Waals surface area (Å²) >= 11 is 0. The van der Waals surface area contributed by atoms with Crippen LogP contribution >= 0.6 is 0 Å². The van der Waals surface area contributed by atoms with E-state index in [4.69, 9.17) is 9.47 Å². The minimum Gasteiger partial charge on any atom is -0.384 e. The SMILES string of the molecule is COC[C@]12CCCO[C@H]1CCN(C(=O)c1cccn1C)C2. The van der Waals surface area contributed by atoms with Gasteiger partial charge in [0.15, 0.2) is 0 Å². The van der Waals surface area contributed by atoms with E-state index in [9.17, 15) is 4.79 Å². The van der Waals surface area contributed by atoms with E-state index >= 15 is 0 Å². The van der Waals surface area contributed by atoms with Gasteiger partial charge in [0.25, 0.3) is 5.91 Å². The molecule has 0 radical (unpaired) electrons. The van der Waals surface area contributed by atoms with Crippen LogP contribution in [0.5, 0.6) is 0 Å². The third kappa shape index (κ3) is 2.60. The van der Waals surface area contributed by atoms with Crippen LogP contribution in [0.3, 0.4) is 0 Å². The van der Waals surface area contributed by atoms with Crippen molar-refractivity contribution in [1.29, 1.82) is 0 Å². The highest BCUT2D eigenvalue weighted by atomic mass is 16.5. The van der Waals surface area contributed by atoms with Gasteiger partial charge in [-0.1, -0.05) is 0 Å². The lowest BCUT2D eigenvalue weighted by Crippen LogP contribution is -2.58. The van der Waals surface area contributed by atoms with E-state index in [1.807, 2.05) is 34.8 Å². The molecule has 0 N–H and O–H groups in total. The highest BCUT2D eigenvalue weighted by Gasteiger charge is 2.47. The van der Waals surface area contributed by atoms with Crippen molar-refractivity contribution in [2.45, 2.75) is 25.4 Å². The van der Waals surface area contributed by atoms with Crippen molar-refractivity contribution in [3.63, 3.8) is 0 Å². The molecule has 5 nitrogen and oxygen atoms in total. The second kappa shape index (κ2) is 5.81. The zero-order valence-corrected chi connectivity index (χ0v) is 12.9. The van der Waals surface area contributed by atoms with E-state index in [2.05, 4.69) is 0 Å². The summed E-state index contributed by atoms with van der Waals surface area (Å²) in [6.45, 7) is 2.99. The number of ether oxygens (including phenoxy) is 2. The maximum Gasteiger partial charge on any atom is 0.270 e. The molecule has 0 bridgehead atoms. The minimum absolute atomic E-state index is 0.0356. The van der Waals surface area contributed by atoms with Crippen molar-refractivity contribution in [2.75, 3.05) is 33.4 Å². The number of piperidine rings is 1. The van der Waals surface area contributed by atoms with Gasteiger partial charge in [0.2, 0.25) is 0 Å². The Hall–Kier alpha value is -1.33. The standard InChI is InChI=1S/C16H24N2O3/c1-17-8-3-5-13(17)15(19)18-9-6-14-16(11-18,12-20-2)7-4-10-21-14/h3,5,8,14H,4,6-7,9-12H2,1-2H3/t14-,16+/m0/s1. The first kappa shape index (κ1) is 14.6. The Balaban J connectivity index is 1.80. The van der Waals surface area contributed by atoms with Crippen molar-refractivity contribution in [2.24, 2.45) is 12.5 Å². The average Bonchev–Trinajstić information content (AvgIpc) is 2.92. The number of likely N-dealkylation sites (tertiary alicyclic amines) is 1. The number of rotatable bonds is 3. The van der Waals surface area contributed by atoms with Crippen LogP contribution in [0, 0.1) is 5.41 Å². The van der Waals surface area contributed by atoms with Crippen LogP contribution in [-0.2, 0) is 16.5 Å². The molecule has 1 aromatic heterocycles. The van der Waals surface area contributed by atoms with Crippen molar-refractivity contribution in [1.82, 2.24) is 9.47 Å². The predicted molar refractivity (Wildman–Crippen MR) is 79.2 cm³/mol. The number of methoxy groups -OCH3 is 1. The van der Waals surface area contributed by atoms with Crippen molar-refractivity contribution >= 4 is 5.91 Å². The summed E-state index contributed by atoms with van der Waals surface area (Å²) in [5.41, 5.74) is 0.712. The van der Waals surface area contributed by atoms with Crippen LogP contribution in [0.2, 0.25) is 0 Å². The number of carbonyl (C=O) groups is 1. The number of nitrogens with zero attached hydrogens (tertiary/aromatic N) is 2. The molecule has 2 atom stereocenters. The summed E-state index contributed by atoms with van der Waals surface area (Å²) in [4.78, 5) is 14.7. The predicted octanol–water partition coefficient (Wildman–Crippen LogP) is 1.68. The quantitative estimate of drug-likeness (QED) is 0.851. The number of carbonyl (C=O) groups excluding carboxylic acids is 1. The Morgan fingerprint density at radius 1 is 1.57 bits per heavy atom. The zero-order valence-electron chi connectivity index (χ0n) is 12.9. The van der Waals surface area contributed by atoms with E-state index in [1.54, 1.807) is 7.11 Å². The van der Waals surface area contributed by atoms with E-state index in [-0.39, 0.29) is 17.4 Å². The lowest BCUT2D eigenvalue weighted by molar-refractivity contribution is -0.142. The van der Waals surface area contributed by atoms with Gasteiger partial charge in [0.1, 0.15) is 5.69 Å². The molecule has 21 heavy (non-hydrogen) atoms. The van der Waals surface area contributed by atoms with Crippen LogP contribution in [0.1, 0.15) is 29.8 Å². The molecule has 0 aliphatic carbocycles. The highest BCUT2D eigenvalue weighted by molar-refractivity contribution is 5.92. The van der Waals surface area contributed by atoms with Gasteiger partial charge in [-0.15, -0.1) is 0 Å².